The third kappa shape index (κ3) is 5.11. The van der Waals surface area contributed by atoms with Crippen LogP contribution in [0.25, 0.3) is 0 Å². The monoisotopic (exact) mass is 394 g/mol. The van der Waals surface area contributed by atoms with Gasteiger partial charge in [0, 0.05) is 13.1 Å². The smallest absolute Gasteiger partial charge is 0.338 e. The molecule has 0 saturated carbocycles. The van der Waals surface area contributed by atoms with Gasteiger partial charge in [-0.05, 0) is 56.4 Å². The molecule has 0 amide bonds. The number of piperidine rings is 1. The van der Waals surface area contributed by atoms with E-state index in [2.05, 4.69) is 9.88 Å². The Balaban J connectivity index is 1.38. The fraction of sp³-hybridized carbons (Fsp3) is 0.474. The molecule has 0 atom stereocenters. The van der Waals surface area contributed by atoms with Gasteiger partial charge in [-0.3, -0.25) is 0 Å². The highest BCUT2D eigenvalue weighted by molar-refractivity contribution is 7.19. The molecule has 1 aromatic carbocycles. The number of anilines is 1. The maximum atomic E-state index is 11.6. The van der Waals surface area contributed by atoms with Gasteiger partial charge in [0.05, 0.1) is 25.0 Å². The summed E-state index contributed by atoms with van der Waals surface area (Å²) in [5.41, 5.74) is 0.550. The summed E-state index contributed by atoms with van der Waals surface area (Å²) < 4.78 is 11.5. The first kappa shape index (κ1) is 19.0. The fourth-order valence-electron chi connectivity index (χ4n) is 3.05. The summed E-state index contributed by atoms with van der Waals surface area (Å²) in [5, 5.41) is 1.02. The van der Waals surface area contributed by atoms with E-state index in [1.54, 1.807) is 25.3 Å². The van der Waals surface area contributed by atoms with E-state index in [0.29, 0.717) is 24.7 Å². The zero-order valence-corrected chi connectivity index (χ0v) is 16.4. The Morgan fingerprint density at radius 3 is 2.65 bits per heavy atom. The number of benzene rings is 1. The molecule has 0 radical (unpaired) electrons. The van der Waals surface area contributed by atoms with Crippen molar-refractivity contribution in [2.75, 3.05) is 31.2 Å². The molecule has 1 aromatic heterocycles. The summed E-state index contributed by atoms with van der Waals surface area (Å²) in [6.45, 7) is 4.90. The van der Waals surface area contributed by atoms with E-state index in [1.807, 2.05) is 12.1 Å². The zero-order valence-electron chi connectivity index (χ0n) is 14.8. The van der Waals surface area contributed by atoms with E-state index in [9.17, 15) is 4.79 Å². The number of halogens is 1. The van der Waals surface area contributed by atoms with E-state index in [4.69, 9.17) is 21.1 Å². The maximum Gasteiger partial charge on any atom is 0.338 e. The second kappa shape index (κ2) is 9.24. The van der Waals surface area contributed by atoms with Crippen LogP contribution in [0.1, 0.15) is 36.5 Å². The number of thiazole rings is 1. The molecular formula is C19H23ClN2O3S. The summed E-state index contributed by atoms with van der Waals surface area (Å²) in [7, 11) is 0. The van der Waals surface area contributed by atoms with Crippen molar-refractivity contribution in [1.82, 2.24) is 4.98 Å². The average molecular weight is 395 g/mol. The van der Waals surface area contributed by atoms with Crippen molar-refractivity contribution < 1.29 is 14.3 Å². The van der Waals surface area contributed by atoms with Crippen molar-refractivity contribution in [3.63, 3.8) is 0 Å². The Bertz CT molecular complexity index is 712. The van der Waals surface area contributed by atoms with Gasteiger partial charge in [-0.1, -0.05) is 22.9 Å². The van der Waals surface area contributed by atoms with Crippen LogP contribution >= 0.6 is 22.9 Å². The molecule has 5 nitrogen and oxygen atoms in total. The van der Waals surface area contributed by atoms with Crippen LogP contribution in [0, 0.1) is 5.92 Å². The van der Waals surface area contributed by atoms with E-state index < -0.39 is 0 Å². The molecule has 0 unspecified atom stereocenters. The SMILES string of the molecule is CCOC(=O)c1ccc(OCCC2CCN(c3ncc(Cl)s3)CC2)cc1. The lowest BCUT2D eigenvalue weighted by Crippen LogP contribution is -2.34. The Labute approximate surface area is 162 Å². The lowest BCUT2D eigenvalue weighted by Gasteiger charge is -2.31. The molecular weight excluding hydrogens is 372 g/mol. The number of hydrogen-bond donors (Lipinski definition) is 0. The van der Waals surface area contributed by atoms with E-state index in [-0.39, 0.29) is 5.97 Å². The number of rotatable bonds is 7. The number of carbonyl (C=O) groups is 1. The number of ether oxygens (including phenoxy) is 2. The molecule has 26 heavy (non-hydrogen) atoms. The maximum absolute atomic E-state index is 11.6. The third-order valence-corrected chi connectivity index (χ3v) is 5.69. The molecule has 0 N–H and O–H groups in total. The lowest BCUT2D eigenvalue weighted by molar-refractivity contribution is 0.0526. The highest BCUT2D eigenvalue weighted by Gasteiger charge is 2.21. The van der Waals surface area contributed by atoms with Crippen molar-refractivity contribution in [3.8, 4) is 5.75 Å². The van der Waals surface area contributed by atoms with Crippen LogP contribution in [-0.2, 0) is 4.74 Å². The number of aromatic nitrogens is 1. The second-order valence-electron chi connectivity index (χ2n) is 6.26. The van der Waals surface area contributed by atoms with Crippen LogP contribution < -0.4 is 9.64 Å². The molecule has 140 valence electrons. The van der Waals surface area contributed by atoms with Crippen LogP contribution in [-0.4, -0.2) is 37.3 Å². The quantitative estimate of drug-likeness (QED) is 0.639. The van der Waals surface area contributed by atoms with Gasteiger partial charge < -0.3 is 14.4 Å². The molecule has 3 rings (SSSR count). The largest absolute Gasteiger partial charge is 0.494 e. The molecule has 2 aromatic rings. The standard InChI is InChI=1S/C19H23ClN2O3S/c1-2-24-18(23)15-3-5-16(6-4-15)25-12-9-14-7-10-22(11-8-14)19-21-13-17(20)26-19/h3-6,13-14H,2,7-12H2,1H3. The summed E-state index contributed by atoms with van der Waals surface area (Å²) in [5.74, 6) is 1.15. The Morgan fingerprint density at radius 2 is 2.04 bits per heavy atom. The summed E-state index contributed by atoms with van der Waals surface area (Å²) in [6.07, 6.45) is 5.03. The molecule has 1 aliphatic rings. The number of hydrogen-bond acceptors (Lipinski definition) is 6. The molecule has 0 bridgehead atoms. The minimum Gasteiger partial charge on any atom is -0.494 e. The molecule has 0 aliphatic carbocycles. The van der Waals surface area contributed by atoms with Gasteiger partial charge in [0.2, 0.25) is 0 Å². The summed E-state index contributed by atoms with van der Waals surface area (Å²) >= 11 is 7.50. The molecule has 1 fully saturated rings. The lowest BCUT2D eigenvalue weighted by atomic mass is 9.94. The van der Waals surface area contributed by atoms with Crippen molar-refractivity contribution in [3.05, 3.63) is 40.4 Å². The molecule has 7 heteroatoms. The van der Waals surface area contributed by atoms with Gasteiger partial charge in [0.1, 0.15) is 10.1 Å². The van der Waals surface area contributed by atoms with Crippen LogP contribution in [0.15, 0.2) is 30.5 Å². The number of esters is 1. The second-order valence-corrected chi connectivity index (χ2v) is 7.90. The predicted octanol–water partition coefficient (Wildman–Crippen LogP) is 4.66. The van der Waals surface area contributed by atoms with Crippen LogP contribution in [0.3, 0.4) is 0 Å². The van der Waals surface area contributed by atoms with Crippen molar-refractivity contribution >= 4 is 34.0 Å². The van der Waals surface area contributed by atoms with Crippen molar-refractivity contribution in [2.45, 2.75) is 26.2 Å². The van der Waals surface area contributed by atoms with E-state index in [1.165, 1.54) is 11.3 Å². The van der Waals surface area contributed by atoms with Crippen LogP contribution in [0.2, 0.25) is 4.34 Å². The summed E-state index contributed by atoms with van der Waals surface area (Å²) in [4.78, 5) is 18.3. The van der Waals surface area contributed by atoms with Crippen LogP contribution in [0.4, 0.5) is 5.13 Å². The van der Waals surface area contributed by atoms with E-state index >= 15 is 0 Å². The zero-order chi connectivity index (χ0) is 18.4. The average Bonchev–Trinajstić information content (AvgIpc) is 3.09. The Hall–Kier alpha value is -1.79. The molecule has 0 spiro atoms. The highest BCUT2D eigenvalue weighted by Crippen LogP contribution is 2.30. The Morgan fingerprint density at radius 1 is 1.31 bits per heavy atom. The fourth-order valence-corrected chi connectivity index (χ4v) is 4.00. The molecule has 1 saturated heterocycles. The minimum absolute atomic E-state index is 0.299. The van der Waals surface area contributed by atoms with Gasteiger partial charge in [-0.2, -0.15) is 0 Å². The Kier molecular flexibility index (Phi) is 6.74. The van der Waals surface area contributed by atoms with Gasteiger partial charge in [0.25, 0.3) is 0 Å². The van der Waals surface area contributed by atoms with Gasteiger partial charge in [0.15, 0.2) is 5.13 Å². The normalized spacial score (nSPS) is 15.1. The number of carbonyl (C=O) groups excluding carboxylic acids is 1. The van der Waals surface area contributed by atoms with Gasteiger partial charge in [-0.25, -0.2) is 9.78 Å². The third-order valence-electron chi connectivity index (χ3n) is 4.51. The molecule has 2 heterocycles. The minimum atomic E-state index is -0.299. The first-order valence-corrected chi connectivity index (χ1v) is 10.1. The van der Waals surface area contributed by atoms with Crippen molar-refractivity contribution in [2.24, 2.45) is 5.92 Å². The number of nitrogens with zero attached hydrogens (tertiary/aromatic N) is 2. The predicted molar refractivity (Wildman–Crippen MR) is 105 cm³/mol. The van der Waals surface area contributed by atoms with Gasteiger partial charge >= 0.3 is 5.97 Å². The first-order chi connectivity index (χ1) is 12.7. The van der Waals surface area contributed by atoms with Crippen molar-refractivity contribution in [1.29, 1.82) is 0 Å². The highest BCUT2D eigenvalue weighted by atomic mass is 35.5. The van der Waals surface area contributed by atoms with E-state index in [0.717, 1.165) is 47.6 Å². The van der Waals surface area contributed by atoms with Crippen LogP contribution in [0.5, 0.6) is 5.75 Å². The van der Waals surface area contributed by atoms with Gasteiger partial charge in [-0.15, -0.1) is 0 Å². The topological polar surface area (TPSA) is 51.7 Å². The summed E-state index contributed by atoms with van der Waals surface area (Å²) in [6, 6.07) is 7.12. The first-order valence-electron chi connectivity index (χ1n) is 8.92. The molecule has 1 aliphatic heterocycles.